The zero-order valence-corrected chi connectivity index (χ0v) is 14.8. The van der Waals surface area contributed by atoms with Crippen molar-refractivity contribution in [2.75, 3.05) is 0 Å². The van der Waals surface area contributed by atoms with E-state index in [4.69, 9.17) is 4.74 Å². The molecule has 0 amide bonds. The molecule has 122 valence electrons. The first-order valence-corrected chi connectivity index (χ1v) is 9.18. The summed E-state index contributed by atoms with van der Waals surface area (Å²) in [6.45, 7) is 2.14. The Morgan fingerprint density at radius 1 is 0.960 bits per heavy atom. The standard InChI is InChI=1S/C23H21BO/c1-23(24)14-13-19-17-10-4-5-11-18(17)21-16-9-3-2-7-15(16)8-6-12-20(21)22(19)25-23/h2-5,7,9-11,13-14H,6,8,12,24H2,1H3/t23-/m0/s1. The van der Waals surface area contributed by atoms with Gasteiger partial charge in [-0.25, -0.2) is 0 Å². The minimum absolute atomic E-state index is 0.255. The number of ether oxygens (including phenoxy) is 1. The molecule has 1 heterocycles. The van der Waals surface area contributed by atoms with E-state index in [0.29, 0.717) is 0 Å². The van der Waals surface area contributed by atoms with Crippen LogP contribution in [0.2, 0.25) is 0 Å². The zero-order chi connectivity index (χ0) is 17.0. The Bertz CT molecular complexity index is 1030. The van der Waals surface area contributed by atoms with E-state index in [1.807, 2.05) is 0 Å². The van der Waals surface area contributed by atoms with Crippen LogP contribution >= 0.6 is 0 Å². The number of hydrogen-bond acceptors (Lipinski definition) is 1. The monoisotopic (exact) mass is 324 g/mol. The Kier molecular flexibility index (Phi) is 3.12. The molecule has 0 saturated carbocycles. The quantitative estimate of drug-likeness (QED) is 0.542. The van der Waals surface area contributed by atoms with E-state index in [1.54, 1.807) is 0 Å². The molecular weight excluding hydrogens is 303 g/mol. The fourth-order valence-electron chi connectivity index (χ4n) is 4.34. The average molecular weight is 324 g/mol. The van der Waals surface area contributed by atoms with E-state index in [9.17, 15) is 0 Å². The molecular formula is C23H21BO. The minimum atomic E-state index is -0.255. The molecule has 0 radical (unpaired) electrons. The van der Waals surface area contributed by atoms with Crippen LogP contribution in [0.4, 0.5) is 0 Å². The van der Waals surface area contributed by atoms with Gasteiger partial charge in [0.05, 0.1) is 5.50 Å². The van der Waals surface area contributed by atoms with Crippen LogP contribution in [0.1, 0.15) is 30.0 Å². The lowest BCUT2D eigenvalue weighted by molar-refractivity contribution is 0.222. The highest BCUT2D eigenvalue weighted by Gasteiger charge is 2.29. The van der Waals surface area contributed by atoms with Crippen LogP contribution in [0.3, 0.4) is 0 Å². The van der Waals surface area contributed by atoms with E-state index < -0.39 is 0 Å². The normalized spacial score (nSPS) is 21.0. The average Bonchev–Trinajstić information content (AvgIpc) is 2.81. The van der Waals surface area contributed by atoms with Gasteiger partial charge in [0.2, 0.25) is 0 Å². The van der Waals surface area contributed by atoms with Crippen molar-refractivity contribution in [3.63, 3.8) is 0 Å². The van der Waals surface area contributed by atoms with E-state index in [0.717, 1.165) is 18.6 Å². The van der Waals surface area contributed by atoms with Gasteiger partial charge < -0.3 is 4.74 Å². The third kappa shape index (κ3) is 2.24. The Hall–Kier alpha value is -2.48. The lowest BCUT2D eigenvalue weighted by atomic mass is 9.79. The molecule has 3 aromatic carbocycles. The highest BCUT2D eigenvalue weighted by atomic mass is 16.5. The van der Waals surface area contributed by atoms with Crippen molar-refractivity contribution in [2.24, 2.45) is 0 Å². The van der Waals surface area contributed by atoms with E-state index >= 15 is 0 Å². The highest BCUT2D eigenvalue weighted by molar-refractivity contribution is 6.17. The van der Waals surface area contributed by atoms with Gasteiger partial charge in [0.15, 0.2) is 7.85 Å². The van der Waals surface area contributed by atoms with Crippen LogP contribution in [-0.2, 0) is 12.8 Å². The van der Waals surface area contributed by atoms with Crippen molar-refractivity contribution in [1.82, 2.24) is 0 Å². The maximum absolute atomic E-state index is 6.51. The molecule has 0 spiro atoms. The smallest absolute Gasteiger partial charge is 0.163 e. The molecule has 1 aliphatic carbocycles. The molecule has 2 aliphatic rings. The zero-order valence-electron chi connectivity index (χ0n) is 14.8. The van der Waals surface area contributed by atoms with Gasteiger partial charge >= 0.3 is 0 Å². The molecule has 1 nitrogen and oxygen atoms in total. The third-order valence-corrected chi connectivity index (χ3v) is 5.48. The molecule has 0 unspecified atom stereocenters. The van der Waals surface area contributed by atoms with E-state index in [1.165, 1.54) is 45.0 Å². The van der Waals surface area contributed by atoms with Crippen molar-refractivity contribution >= 4 is 24.7 Å². The predicted molar refractivity (Wildman–Crippen MR) is 108 cm³/mol. The maximum Gasteiger partial charge on any atom is 0.163 e. The fraction of sp³-hybridized carbons (Fsp3) is 0.217. The Balaban J connectivity index is 1.95. The number of benzene rings is 3. The van der Waals surface area contributed by atoms with Crippen molar-refractivity contribution in [2.45, 2.75) is 31.7 Å². The van der Waals surface area contributed by atoms with Crippen LogP contribution in [0.25, 0.3) is 28.0 Å². The fourth-order valence-corrected chi connectivity index (χ4v) is 4.34. The molecule has 0 aromatic heterocycles. The number of fused-ring (bicyclic) bond motifs is 8. The van der Waals surface area contributed by atoms with Gasteiger partial charge in [-0.3, -0.25) is 0 Å². The molecule has 0 saturated heterocycles. The second-order valence-electron chi connectivity index (χ2n) is 7.69. The predicted octanol–water partition coefficient (Wildman–Crippen LogP) is 4.75. The van der Waals surface area contributed by atoms with Crippen molar-refractivity contribution in [3.8, 4) is 16.9 Å². The van der Waals surface area contributed by atoms with Crippen molar-refractivity contribution in [1.29, 1.82) is 0 Å². The highest BCUT2D eigenvalue weighted by Crippen LogP contribution is 2.47. The first-order valence-electron chi connectivity index (χ1n) is 9.18. The lowest BCUT2D eigenvalue weighted by Gasteiger charge is -2.32. The lowest BCUT2D eigenvalue weighted by Crippen LogP contribution is -2.32. The first-order chi connectivity index (χ1) is 12.1. The Morgan fingerprint density at radius 3 is 2.60 bits per heavy atom. The van der Waals surface area contributed by atoms with Gasteiger partial charge in [-0.2, -0.15) is 0 Å². The Morgan fingerprint density at radius 2 is 1.72 bits per heavy atom. The molecule has 3 aromatic rings. The first kappa shape index (κ1) is 14.8. The minimum Gasteiger partial charge on any atom is -0.492 e. The van der Waals surface area contributed by atoms with Crippen LogP contribution < -0.4 is 4.74 Å². The van der Waals surface area contributed by atoms with Crippen LogP contribution in [-0.4, -0.2) is 13.3 Å². The number of hydrogen-bond donors (Lipinski definition) is 0. The summed E-state index contributed by atoms with van der Waals surface area (Å²) >= 11 is 0. The summed E-state index contributed by atoms with van der Waals surface area (Å²) in [5, 5.41) is 2.64. The summed E-state index contributed by atoms with van der Waals surface area (Å²) < 4.78 is 6.51. The van der Waals surface area contributed by atoms with Gasteiger partial charge in [0.25, 0.3) is 0 Å². The number of rotatable bonds is 0. The summed E-state index contributed by atoms with van der Waals surface area (Å²) in [5.74, 6) is 1.10. The third-order valence-electron chi connectivity index (χ3n) is 5.48. The molecule has 0 fully saturated rings. The largest absolute Gasteiger partial charge is 0.492 e. The summed E-state index contributed by atoms with van der Waals surface area (Å²) in [4.78, 5) is 0. The molecule has 5 rings (SSSR count). The van der Waals surface area contributed by atoms with E-state index in [-0.39, 0.29) is 5.50 Å². The van der Waals surface area contributed by atoms with Crippen LogP contribution in [0.5, 0.6) is 5.75 Å². The summed E-state index contributed by atoms with van der Waals surface area (Å²) in [7, 11) is 2.14. The summed E-state index contributed by atoms with van der Waals surface area (Å²) in [6.07, 6.45) is 7.81. The number of aryl methyl sites for hydroxylation is 1. The van der Waals surface area contributed by atoms with E-state index in [2.05, 4.69) is 75.5 Å². The summed E-state index contributed by atoms with van der Waals surface area (Å²) in [6, 6.07) is 17.7. The van der Waals surface area contributed by atoms with Crippen molar-refractivity contribution < 1.29 is 4.74 Å². The SMILES string of the molecule is B[C@]1(C)C=Cc2c(c3c(c4ccccc24)-c2ccccc2CCC3)O1. The van der Waals surface area contributed by atoms with Gasteiger partial charge in [-0.15, -0.1) is 0 Å². The second kappa shape index (κ2) is 5.26. The van der Waals surface area contributed by atoms with Gasteiger partial charge in [-0.1, -0.05) is 54.6 Å². The topological polar surface area (TPSA) is 9.23 Å². The second-order valence-corrected chi connectivity index (χ2v) is 7.69. The molecule has 0 N–H and O–H groups in total. The maximum atomic E-state index is 6.51. The molecule has 0 bridgehead atoms. The van der Waals surface area contributed by atoms with Crippen molar-refractivity contribution in [3.05, 3.63) is 71.3 Å². The Labute approximate surface area is 149 Å². The molecule has 1 aliphatic heterocycles. The molecule has 1 atom stereocenters. The van der Waals surface area contributed by atoms with Gasteiger partial charge in [-0.05, 0) is 59.7 Å². The van der Waals surface area contributed by atoms with Crippen LogP contribution in [0.15, 0.2) is 54.6 Å². The van der Waals surface area contributed by atoms with Gasteiger partial charge in [0, 0.05) is 11.1 Å². The van der Waals surface area contributed by atoms with Gasteiger partial charge in [0.1, 0.15) is 5.75 Å². The van der Waals surface area contributed by atoms with Crippen LogP contribution in [0, 0.1) is 0 Å². The molecule has 25 heavy (non-hydrogen) atoms. The molecule has 2 heteroatoms. The summed E-state index contributed by atoms with van der Waals surface area (Å²) in [5.41, 5.74) is 6.59.